The smallest absolute Gasteiger partial charge is 0.170 e. The molecule has 0 aliphatic carbocycles. The molecule has 0 radical (unpaired) electrons. The topological polar surface area (TPSA) is 27.7 Å². The molecule has 0 amide bonds. The summed E-state index contributed by atoms with van der Waals surface area (Å²) in [6, 6.07) is 0. The summed E-state index contributed by atoms with van der Waals surface area (Å²) in [5.41, 5.74) is 0. The van der Waals surface area contributed by atoms with Crippen LogP contribution in [0.15, 0.2) is 0 Å². The molecule has 13 heavy (non-hydrogen) atoms. The SMILES string of the molecule is CO[C@@H]1CCO[C@@]2(CCCCO2)C1. The highest BCUT2D eigenvalue weighted by molar-refractivity contribution is 4.81. The zero-order valence-corrected chi connectivity index (χ0v) is 8.25. The first-order chi connectivity index (χ1) is 6.35. The van der Waals surface area contributed by atoms with Gasteiger partial charge in [-0.05, 0) is 19.3 Å². The molecule has 0 aromatic rings. The Morgan fingerprint density at radius 1 is 1.23 bits per heavy atom. The summed E-state index contributed by atoms with van der Waals surface area (Å²) < 4.78 is 16.8. The number of methoxy groups -OCH3 is 1. The fourth-order valence-electron chi connectivity index (χ4n) is 2.19. The van der Waals surface area contributed by atoms with E-state index in [1.807, 2.05) is 0 Å². The zero-order valence-electron chi connectivity index (χ0n) is 8.25. The molecule has 0 N–H and O–H groups in total. The molecule has 76 valence electrons. The molecule has 2 fully saturated rings. The van der Waals surface area contributed by atoms with Gasteiger partial charge in [0.25, 0.3) is 0 Å². The number of rotatable bonds is 1. The minimum Gasteiger partial charge on any atom is -0.381 e. The quantitative estimate of drug-likeness (QED) is 0.624. The summed E-state index contributed by atoms with van der Waals surface area (Å²) in [7, 11) is 1.77. The molecule has 2 aliphatic rings. The van der Waals surface area contributed by atoms with Crippen LogP contribution in [0.2, 0.25) is 0 Å². The van der Waals surface area contributed by atoms with E-state index in [-0.39, 0.29) is 5.79 Å². The van der Waals surface area contributed by atoms with Crippen molar-refractivity contribution in [2.24, 2.45) is 0 Å². The number of ether oxygens (including phenoxy) is 3. The van der Waals surface area contributed by atoms with Crippen LogP contribution in [0, 0.1) is 0 Å². The van der Waals surface area contributed by atoms with Gasteiger partial charge in [-0.1, -0.05) is 0 Å². The van der Waals surface area contributed by atoms with Crippen molar-refractivity contribution >= 4 is 0 Å². The van der Waals surface area contributed by atoms with Crippen LogP contribution in [0.5, 0.6) is 0 Å². The van der Waals surface area contributed by atoms with Crippen LogP contribution in [0.1, 0.15) is 32.1 Å². The van der Waals surface area contributed by atoms with Crippen LogP contribution in [0.4, 0.5) is 0 Å². The maximum absolute atomic E-state index is 5.74. The van der Waals surface area contributed by atoms with Crippen LogP contribution < -0.4 is 0 Å². The minimum atomic E-state index is -0.294. The molecule has 0 unspecified atom stereocenters. The Morgan fingerprint density at radius 2 is 2.08 bits per heavy atom. The largest absolute Gasteiger partial charge is 0.381 e. The van der Waals surface area contributed by atoms with E-state index in [1.165, 1.54) is 12.8 Å². The van der Waals surface area contributed by atoms with E-state index in [2.05, 4.69) is 0 Å². The van der Waals surface area contributed by atoms with Crippen molar-refractivity contribution in [3.8, 4) is 0 Å². The molecule has 2 aliphatic heterocycles. The normalized spacial score (nSPS) is 40.8. The van der Waals surface area contributed by atoms with Crippen LogP contribution in [0.3, 0.4) is 0 Å². The Labute approximate surface area is 79.4 Å². The van der Waals surface area contributed by atoms with E-state index >= 15 is 0 Å². The standard InChI is InChI=1S/C10H18O3/c1-11-9-4-7-13-10(8-9)5-2-3-6-12-10/h9H,2-8H2,1H3/t9-,10+/m1/s1. The first-order valence-electron chi connectivity index (χ1n) is 5.15. The van der Waals surface area contributed by atoms with E-state index in [9.17, 15) is 0 Å². The Morgan fingerprint density at radius 3 is 2.77 bits per heavy atom. The molecule has 3 nitrogen and oxygen atoms in total. The summed E-state index contributed by atoms with van der Waals surface area (Å²) in [4.78, 5) is 0. The van der Waals surface area contributed by atoms with Gasteiger partial charge in [-0.15, -0.1) is 0 Å². The van der Waals surface area contributed by atoms with Crippen molar-refractivity contribution in [1.29, 1.82) is 0 Å². The lowest BCUT2D eigenvalue weighted by Crippen LogP contribution is -2.46. The van der Waals surface area contributed by atoms with E-state index < -0.39 is 0 Å². The Bertz CT molecular complexity index is 158. The molecular formula is C10H18O3. The van der Waals surface area contributed by atoms with Crippen LogP contribution in [-0.2, 0) is 14.2 Å². The van der Waals surface area contributed by atoms with Gasteiger partial charge in [0.2, 0.25) is 0 Å². The van der Waals surface area contributed by atoms with Gasteiger partial charge in [0.05, 0.1) is 19.3 Å². The first kappa shape index (κ1) is 9.44. The molecule has 0 aromatic carbocycles. The van der Waals surface area contributed by atoms with Crippen molar-refractivity contribution in [3.05, 3.63) is 0 Å². The Balaban J connectivity index is 1.95. The van der Waals surface area contributed by atoms with Crippen LogP contribution in [-0.4, -0.2) is 32.2 Å². The second-order valence-electron chi connectivity index (χ2n) is 3.92. The molecule has 2 heterocycles. The molecule has 2 saturated heterocycles. The lowest BCUT2D eigenvalue weighted by molar-refractivity contribution is -0.288. The van der Waals surface area contributed by atoms with Gasteiger partial charge < -0.3 is 14.2 Å². The molecule has 0 aromatic heterocycles. The van der Waals surface area contributed by atoms with Crippen LogP contribution in [0.25, 0.3) is 0 Å². The molecule has 0 bridgehead atoms. The summed E-state index contributed by atoms with van der Waals surface area (Å²) in [6.07, 6.45) is 5.66. The maximum Gasteiger partial charge on any atom is 0.170 e. The van der Waals surface area contributed by atoms with Crippen molar-refractivity contribution in [2.45, 2.75) is 44.0 Å². The van der Waals surface area contributed by atoms with Crippen molar-refractivity contribution < 1.29 is 14.2 Å². The molecule has 2 rings (SSSR count). The van der Waals surface area contributed by atoms with Crippen molar-refractivity contribution in [2.75, 3.05) is 20.3 Å². The van der Waals surface area contributed by atoms with E-state index in [0.29, 0.717) is 6.10 Å². The summed E-state index contributed by atoms with van der Waals surface area (Å²) in [5.74, 6) is -0.294. The van der Waals surface area contributed by atoms with Crippen molar-refractivity contribution in [1.82, 2.24) is 0 Å². The third-order valence-corrected chi connectivity index (χ3v) is 2.99. The molecule has 0 saturated carbocycles. The molecule has 3 heteroatoms. The van der Waals surface area contributed by atoms with E-state index in [0.717, 1.165) is 32.5 Å². The van der Waals surface area contributed by atoms with Gasteiger partial charge in [0, 0.05) is 20.0 Å². The highest BCUT2D eigenvalue weighted by Crippen LogP contribution is 2.35. The summed E-state index contributed by atoms with van der Waals surface area (Å²) in [5, 5.41) is 0. The highest BCUT2D eigenvalue weighted by atomic mass is 16.7. The van der Waals surface area contributed by atoms with E-state index in [1.54, 1.807) is 7.11 Å². The number of hydrogen-bond donors (Lipinski definition) is 0. The third kappa shape index (κ3) is 2.03. The predicted octanol–water partition coefficient (Wildman–Crippen LogP) is 1.71. The molecule has 2 atom stereocenters. The second kappa shape index (κ2) is 3.95. The van der Waals surface area contributed by atoms with Gasteiger partial charge in [0.15, 0.2) is 5.79 Å². The lowest BCUT2D eigenvalue weighted by Gasteiger charge is -2.42. The molecular weight excluding hydrogens is 168 g/mol. The fraction of sp³-hybridized carbons (Fsp3) is 1.00. The minimum absolute atomic E-state index is 0.294. The monoisotopic (exact) mass is 186 g/mol. The first-order valence-corrected chi connectivity index (χ1v) is 5.15. The highest BCUT2D eigenvalue weighted by Gasteiger charge is 2.39. The van der Waals surface area contributed by atoms with Gasteiger partial charge in [-0.3, -0.25) is 0 Å². The van der Waals surface area contributed by atoms with Gasteiger partial charge in [-0.2, -0.15) is 0 Å². The average Bonchev–Trinajstić information content (AvgIpc) is 2.19. The summed E-state index contributed by atoms with van der Waals surface area (Å²) >= 11 is 0. The fourth-order valence-corrected chi connectivity index (χ4v) is 2.19. The second-order valence-corrected chi connectivity index (χ2v) is 3.92. The van der Waals surface area contributed by atoms with Crippen LogP contribution >= 0.6 is 0 Å². The average molecular weight is 186 g/mol. The number of hydrogen-bond acceptors (Lipinski definition) is 3. The predicted molar refractivity (Wildman–Crippen MR) is 48.5 cm³/mol. The van der Waals surface area contributed by atoms with E-state index in [4.69, 9.17) is 14.2 Å². The van der Waals surface area contributed by atoms with Gasteiger partial charge >= 0.3 is 0 Å². The maximum atomic E-state index is 5.74. The lowest BCUT2D eigenvalue weighted by atomic mass is 9.95. The third-order valence-electron chi connectivity index (χ3n) is 2.99. The Kier molecular flexibility index (Phi) is 2.86. The van der Waals surface area contributed by atoms with Gasteiger partial charge in [-0.25, -0.2) is 0 Å². The van der Waals surface area contributed by atoms with Gasteiger partial charge in [0.1, 0.15) is 0 Å². The van der Waals surface area contributed by atoms with Crippen molar-refractivity contribution in [3.63, 3.8) is 0 Å². The zero-order chi connectivity index (χ0) is 9.15. The Hall–Kier alpha value is -0.120. The molecule has 1 spiro atoms. The summed E-state index contributed by atoms with van der Waals surface area (Å²) in [6.45, 7) is 1.62.